The molecular formula is C22H19N3O5S2. The van der Waals surface area contributed by atoms with Gasteiger partial charge in [0, 0.05) is 11.1 Å². The highest BCUT2D eigenvalue weighted by molar-refractivity contribution is 7.92. The van der Waals surface area contributed by atoms with Crippen molar-refractivity contribution in [3.63, 3.8) is 0 Å². The Morgan fingerprint density at radius 2 is 1.91 bits per heavy atom. The summed E-state index contributed by atoms with van der Waals surface area (Å²) in [6.45, 7) is 3.42. The Labute approximate surface area is 188 Å². The van der Waals surface area contributed by atoms with Crippen molar-refractivity contribution in [2.24, 2.45) is 0 Å². The van der Waals surface area contributed by atoms with Crippen LogP contribution in [0.1, 0.15) is 27.3 Å². The van der Waals surface area contributed by atoms with Gasteiger partial charge in [-0.3, -0.25) is 4.72 Å². The minimum atomic E-state index is -3.75. The predicted octanol–water partition coefficient (Wildman–Crippen LogP) is 4.57. The normalized spacial score (nSPS) is 11.3. The zero-order chi connectivity index (χ0) is 22.7. The highest BCUT2D eigenvalue weighted by Crippen LogP contribution is 2.22. The highest BCUT2D eigenvalue weighted by Gasteiger charge is 2.18. The fourth-order valence-electron chi connectivity index (χ4n) is 2.91. The van der Waals surface area contributed by atoms with Crippen LogP contribution in [0.4, 0.5) is 5.69 Å². The van der Waals surface area contributed by atoms with E-state index in [2.05, 4.69) is 14.9 Å². The number of benzene rings is 2. The van der Waals surface area contributed by atoms with Crippen LogP contribution in [0.2, 0.25) is 0 Å². The van der Waals surface area contributed by atoms with Gasteiger partial charge in [-0.25, -0.2) is 13.2 Å². The van der Waals surface area contributed by atoms with Crippen LogP contribution in [0.25, 0.3) is 11.5 Å². The molecule has 0 fully saturated rings. The molecule has 32 heavy (non-hydrogen) atoms. The van der Waals surface area contributed by atoms with Crippen molar-refractivity contribution in [1.29, 1.82) is 0 Å². The number of aromatic nitrogens is 2. The van der Waals surface area contributed by atoms with Gasteiger partial charge in [-0.2, -0.15) is 16.3 Å². The number of carbonyl (C=O) groups excluding carboxylic acids is 1. The molecule has 2 heterocycles. The second kappa shape index (κ2) is 8.93. The number of hydrogen-bond donors (Lipinski definition) is 1. The van der Waals surface area contributed by atoms with Crippen LogP contribution >= 0.6 is 11.3 Å². The van der Waals surface area contributed by atoms with E-state index in [0.29, 0.717) is 17.1 Å². The fraction of sp³-hybridized carbons (Fsp3) is 0.136. The third-order valence-electron chi connectivity index (χ3n) is 4.57. The van der Waals surface area contributed by atoms with E-state index >= 15 is 0 Å². The van der Waals surface area contributed by atoms with Gasteiger partial charge >= 0.3 is 5.97 Å². The van der Waals surface area contributed by atoms with E-state index in [4.69, 9.17) is 9.26 Å². The Bertz CT molecular complexity index is 1340. The molecule has 164 valence electrons. The lowest BCUT2D eigenvalue weighted by Crippen LogP contribution is -2.14. The van der Waals surface area contributed by atoms with Crippen molar-refractivity contribution in [2.75, 3.05) is 4.72 Å². The molecule has 0 saturated heterocycles. The van der Waals surface area contributed by atoms with E-state index in [0.717, 1.165) is 11.1 Å². The standard InChI is InChI=1S/C22H19N3O5S2/c1-14-3-4-15(2)19(11-14)32(27,28)25-18-7-5-16(6-8-18)22(26)29-12-20-23-21(30-24-20)17-9-10-31-13-17/h3-11,13,25H,12H2,1-2H3. The molecule has 4 aromatic rings. The van der Waals surface area contributed by atoms with Crippen LogP contribution < -0.4 is 4.72 Å². The summed E-state index contributed by atoms with van der Waals surface area (Å²) in [6.07, 6.45) is 0. The molecule has 0 atom stereocenters. The number of thiophene rings is 1. The number of carbonyl (C=O) groups is 1. The first kappa shape index (κ1) is 21.7. The average molecular weight is 470 g/mol. The van der Waals surface area contributed by atoms with E-state index in [9.17, 15) is 13.2 Å². The highest BCUT2D eigenvalue weighted by atomic mass is 32.2. The minimum absolute atomic E-state index is 0.145. The average Bonchev–Trinajstić information content (AvgIpc) is 3.46. The molecule has 10 heteroatoms. The summed E-state index contributed by atoms with van der Waals surface area (Å²) in [7, 11) is -3.75. The number of anilines is 1. The van der Waals surface area contributed by atoms with Crippen molar-refractivity contribution in [2.45, 2.75) is 25.3 Å². The molecule has 4 rings (SSSR count). The minimum Gasteiger partial charge on any atom is -0.454 e. The van der Waals surface area contributed by atoms with Gasteiger partial charge in [-0.15, -0.1) is 0 Å². The molecule has 0 radical (unpaired) electrons. The van der Waals surface area contributed by atoms with Gasteiger partial charge in [0.1, 0.15) is 0 Å². The number of aryl methyl sites for hydroxylation is 2. The Morgan fingerprint density at radius 1 is 1.12 bits per heavy atom. The van der Waals surface area contributed by atoms with E-state index in [1.54, 1.807) is 19.1 Å². The first-order chi connectivity index (χ1) is 15.3. The molecule has 0 aliphatic rings. The lowest BCUT2D eigenvalue weighted by molar-refractivity contribution is 0.0459. The Hall–Kier alpha value is -3.50. The van der Waals surface area contributed by atoms with Gasteiger partial charge in [0.15, 0.2) is 6.61 Å². The summed E-state index contributed by atoms with van der Waals surface area (Å²) in [4.78, 5) is 16.7. The quantitative estimate of drug-likeness (QED) is 0.395. The van der Waals surface area contributed by atoms with Gasteiger partial charge < -0.3 is 9.26 Å². The van der Waals surface area contributed by atoms with Gasteiger partial charge in [-0.05, 0) is 66.8 Å². The number of nitrogens with one attached hydrogen (secondary N) is 1. The Morgan fingerprint density at radius 3 is 2.62 bits per heavy atom. The number of ether oxygens (including phenoxy) is 1. The van der Waals surface area contributed by atoms with Crippen LogP contribution in [0.5, 0.6) is 0 Å². The fourth-order valence-corrected chi connectivity index (χ4v) is 4.93. The maximum absolute atomic E-state index is 12.7. The molecule has 2 aromatic heterocycles. The number of nitrogens with zero attached hydrogens (tertiary/aromatic N) is 2. The second-order valence-electron chi connectivity index (χ2n) is 7.06. The number of rotatable bonds is 7. The largest absolute Gasteiger partial charge is 0.454 e. The molecule has 8 nitrogen and oxygen atoms in total. The molecule has 0 unspecified atom stereocenters. The molecule has 1 N–H and O–H groups in total. The van der Waals surface area contributed by atoms with E-state index < -0.39 is 16.0 Å². The van der Waals surface area contributed by atoms with Gasteiger partial charge in [-0.1, -0.05) is 17.3 Å². The number of esters is 1. The number of sulfonamides is 1. The summed E-state index contributed by atoms with van der Waals surface area (Å²) in [5.74, 6) is 0.0195. The van der Waals surface area contributed by atoms with E-state index in [1.165, 1.54) is 35.6 Å². The zero-order valence-electron chi connectivity index (χ0n) is 17.2. The molecule has 2 aromatic carbocycles. The van der Waals surface area contributed by atoms with E-state index in [1.807, 2.05) is 29.8 Å². The smallest absolute Gasteiger partial charge is 0.338 e. The summed E-state index contributed by atoms with van der Waals surface area (Å²) >= 11 is 1.51. The van der Waals surface area contributed by atoms with Crippen LogP contribution in [0.3, 0.4) is 0 Å². The second-order valence-corrected chi connectivity index (χ2v) is 9.49. The monoisotopic (exact) mass is 469 g/mol. The molecule has 0 aliphatic carbocycles. The predicted molar refractivity (Wildman–Crippen MR) is 120 cm³/mol. The summed E-state index contributed by atoms with van der Waals surface area (Å²) < 4.78 is 38.3. The first-order valence-electron chi connectivity index (χ1n) is 9.54. The van der Waals surface area contributed by atoms with Crippen molar-refractivity contribution in [3.05, 3.63) is 81.8 Å². The van der Waals surface area contributed by atoms with Crippen LogP contribution in [-0.4, -0.2) is 24.5 Å². The third kappa shape index (κ3) is 4.87. The maximum atomic E-state index is 12.7. The zero-order valence-corrected chi connectivity index (χ0v) is 18.9. The van der Waals surface area contributed by atoms with Crippen molar-refractivity contribution < 1.29 is 22.5 Å². The van der Waals surface area contributed by atoms with Gasteiger partial charge in [0.25, 0.3) is 15.9 Å². The van der Waals surface area contributed by atoms with Gasteiger partial charge in [0.05, 0.1) is 16.0 Å². The molecule has 0 aliphatic heterocycles. The third-order valence-corrected chi connectivity index (χ3v) is 6.78. The topological polar surface area (TPSA) is 111 Å². The van der Waals surface area contributed by atoms with Crippen molar-refractivity contribution in [3.8, 4) is 11.5 Å². The SMILES string of the molecule is Cc1ccc(C)c(S(=O)(=O)Nc2ccc(C(=O)OCc3noc(-c4ccsc4)n3)cc2)c1. The lowest BCUT2D eigenvalue weighted by atomic mass is 10.2. The first-order valence-corrected chi connectivity index (χ1v) is 12.0. The van der Waals surface area contributed by atoms with Crippen LogP contribution in [0, 0.1) is 13.8 Å². The molecular weight excluding hydrogens is 450 g/mol. The number of hydrogen-bond acceptors (Lipinski definition) is 8. The lowest BCUT2D eigenvalue weighted by Gasteiger charge is -2.11. The Balaban J connectivity index is 1.39. The van der Waals surface area contributed by atoms with Crippen molar-refractivity contribution >= 4 is 33.0 Å². The van der Waals surface area contributed by atoms with Crippen LogP contribution in [-0.2, 0) is 21.4 Å². The molecule has 0 spiro atoms. The summed E-state index contributed by atoms with van der Waals surface area (Å²) in [6, 6.07) is 13.1. The molecule has 0 bridgehead atoms. The van der Waals surface area contributed by atoms with Crippen molar-refractivity contribution in [1.82, 2.24) is 10.1 Å². The summed E-state index contributed by atoms with van der Waals surface area (Å²) in [5, 5.41) is 7.57. The Kier molecular flexibility index (Phi) is 6.06. The van der Waals surface area contributed by atoms with Crippen LogP contribution in [0.15, 0.2) is 68.7 Å². The maximum Gasteiger partial charge on any atom is 0.338 e. The molecule has 0 saturated carbocycles. The summed E-state index contributed by atoms with van der Waals surface area (Å²) in [5.41, 5.74) is 2.89. The molecule has 0 amide bonds. The van der Waals surface area contributed by atoms with E-state index in [-0.39, 0.29) is 22.9 Å². The van der Waals surface area contributed by atoms with Gasteiger partial charge in [0.2, 0.25) is 5.82 Å².